The topological polar surface area (TPSA) is 33.7 Å². The average molecular weight is 252 g/mol. The van der Waals surface area contributed by atoms with Gasteiger partial charge in [-0.3, -0.25) is 0 Å². The molecule has 4 heteroatoms. The van der Waals surface area contributed by atoms with Crippen LogP contribution in [0.3, 0.4) is 0 Å². The number of ether oxygens (including phenoxy) is 2. The number of anilines is 1. The SMILES string of the molecule is COc1ccc(N(C)CCNC(C)C)c(OC)c1. The molecule has 0 heterocycles. The Morgan fingerprint density at radius 2 is 1.94 bits per heavy atom. The molecule has 0 amide bonds. The zero-order chi connectivity index (χ0) is 13.5. The number of benzene rings is 1. The van der Waals surface area contributed by atoms with Gasteiger partial charge in [0, 0.05) is 32.2 Å². The van der Waals surface area contributed by atoms with Crippen molar-refractivity contribution < 1.29 is 9.47 Å². The van der Waals surface area contributed by atoms with E-state index in [4.69, 9.17) is 9.47 Å². The summed E-state index contributed by atoms with van der Waals surface area (Å²) in [6.45, 7) is 6.17. The van der Waals surface area contributed by atoms with Crippen LogP contribution < -0.4 is 19.7 Å². The number of likely N-dealkylation sites (N-methyl/N-ethyl adjacent to an activating group) is 1. The molecule has 0 spiro atoms. The fourth-order valence-electron chi connectivity index (χ4n) is 1.74. The molecule has 18 heavy (non-hydrogen) atoms. The van der Waals surface area contributed by atoms with Crippen molar-refractivity contribution in [1.29, 1.82) is 0 Å². The van der Waals surface area contributed by atoms with E-state index in [1.807, 2.05) is 18.2 Å². The van der Waals surface area contributed by atoms with Gasteiger partial charge in [-0.05, 0) is 12.1 Å². The molecule has 1 aromatic rings. The third kappa shape index (κ3) is 4.11. The molecule has 4 nitrogen and oxygen atoms in total. The van der Waals surface area contributed by atoms with Crippen molar-refractivity contribution in [3.05, 3.63) is 18.2 Å². The predicted octanol–water partition coefficient (Wildman–Crippen LogP) is 2.14. The summed E-state index contributed by atoms with van der Waals surface area (Å²) in [6, 6.07) is 6.38. The van der Waals surface area contributed by atoms with E-state index < -0.39 is 0 Å². The summed E-state index contributed by atoms with van der Waals surface area (Å²) in [5.41, 5.74) is 1.07. The lowest BCUT2D eigenvalue weighted by Gasteiger charge is -2.23. The third-order valence-corrected chi connectivity index (χ3v) is 2.80. The number of hydrogen-bond donors (Lipinski definition) is 1. The molecule has 0 bridgehead atoms. The molecule has 1 rings (SSSR count). The van der Waals surface area contributed by atoms with E-state index in [0.717, 1.165) is 30.3 Å². The summed E-state index contributed by atoms with van der Waals surface area (Å²) < 4.78 is 10.6. The molecule has 0 aromatic heterocycles. The number of nitrogens with one attached hydrogen (secondary N) is 1. The second kappa shape index (κ2) is 7.11. The monoisotopic (exact) mass is 252 g/mol. The molecule has 0 unspecified atom stereocenters. The maximum atomic E-state index is 5.39. The van der Waals surface area contributed by atoms with Crippen LogP contribution in [0, 0.1) is 0 Å². The van der Waals surface area contributed by atoms with Gasteiger partial charge in [-0.25, -0.2) is 0 Å². The highest BCUT2D eigenvalue weighted by Gasteiger charge is 2.09. The minimum Gasteiger partial charge on any atom is -0.497 e. The average Bonchev–Trinajstić information content (AvgIpc) is 2.37. The molecule has 0 aliphatic carbocycles. The van der Waals surface area contributed by atoms with Crippen molar-refractivity contribution in [3.8, 4) is 11.5 Å². The first-order valence-electron chi connectivity index (χ1n) is 6.25. The van der Waals surface area contributed by atoms with E-state index in [0.29, 0.717) is 6.04 Å². The quantitative estimate of drug-likeness (QED) is 0.806. The minimum atomic E-state index is 0.510. The van der Waals surface area contributed by atoms with Crippen LogP contribution in [0.2, 0.25) is 0 Å². The summed E-state index contributed by atoms with van der Waals surface area (Å²) in [5, 5.41) is 3.40. The van der Waals surface area contributed by atoms with Gasteiger partial charge in [0.25, 0.3) is 0 Å². The Hall–Kier alpha value is -1.42. The van der Waals surface area contributed by atoms with Crippen LogP contribution >= 0.6 is 0 Å². The summed E-state index contributed by atoms with van der Waals surface area (Å²) >= 11 is 0. The van der Waals surface area contributed by atoms with Gasteiger partial charge in [0.1, 0.15) is 11.5 Å². The molecule has 0 aliphatic rings. The van der Waals surface area contributed by atoms with Gasteiger partial charge in [-0.2, -0.15) is 0 Å². The van der Waals surface area contributed by atoms with Crippen molar-refractivity contribution in [2.75, 3.05) is 39.3 Å². The second-order valence-electron chi connectivity index (χ2n) is 4.57. The number of methoxy groups -OCH3 is 2. The zero-order valence-electron chi connectivity index (χ0n) is 12.0. The number of rotatable bonds is 7. The predicted molar refractivity (Wildman–Crippen MR) is 76.0 cm³/mol. The second-order valence-corrected chi connectivity index (χ2v) is 4.57. The Bertz CT molecular complexity index is 367. The first-order valence-corrected chi connectivity index (χ1v) is 6.25. The Morgan fingerprint density at radius 3 is 2.50 bits per heavy atom. The molecule has 0 radical (unpaired) electrons. The largest absolute Gasteiger partial charge is 0.497 e. The van der Waals surface area contributed by atoms with Gasteiger partial charge in [-0.15, -0.1) is 0 Å². The molecular formula is C14H24N2O2. The molecule has 0 aliphatic heterocycles. The van der Waals surface area contributed by atoms with Gasteiger partial charge in [0.15, 0.2) is 0 Å². The van der Waals surface area contributed by atoms with E-state index in [2.05, 4.69) is 31.1 Å². The first-order chi connectivity index (χ1) is 8.58. The van der Waals surface area contributed by atoms with Gasteiger partial charge >= 0.3 is 0 Å². The summed E-state index contributed by atoms with van der Waals surface area (Å²) in [6.07, 6.45) is 0. The highest BCUT2D eigenvalue weighted by Crippen LogP contribution is 2.31. The van der Waals surface area contributed by atoms with Crippen LogP contribution in [-0.2, 0) is 0 Å². The van der Waals surface area contributed by atoms with E-state index in [-0.39, 0.29) is 0 Å². The Morgan fingerprint density at radius 1 is 1.22 bits per heavy atom. The van der Waals surface area contributed by atoms with Gasteiger partial charge < -0.3 is 19.7 Å². The maximum Gasteiger partial charge on any atom is 0.145 e. The first kappa shape index (κ1) is 14.6. The smallest absolute Gasteiger partial charge is 0.145 e. The Kier molecular flexibility index (Phi) is 5.78. The highest BCUT2D eigenvalue weighted by atomic mass is 16.5. The van der Waals surface area contributed by atoms with Crippen LogP contribution in [0.5, 0.6) is 11.5 Å². The van der Waals surface area contributed by atoms with Crippen molar-refractivity contribution in [2.45, 2.75) is 19.9 Å². The van der Waals surface area contributed by atoms with E-state index in [1.165, 1.54) is 0 Å². The standard InChI is InChI=1S/C14H24N2O2/c1-11(2)15-8-9-16(3)13-7-6-12(17-4)10-14(13)18-5/h6-7,10-11,15H,8-9H2,1-5H3. The lowest BCUT2D eigenvalue weighted by molar-refractivity contribution is 0.394. The maximum absolute atomic E-state index is 5.39. The molecule has 102 valence electrons. The summed E-state index contributed by atoms with van der Waals surface area (Å²) in [7, 11) is 5.40. The molecule has 0 atom stereocenters. The number of hydrogen-bond acceptors (Lipinski definition) is 4. The molecular weight excluding hydrogens is 228 g/mol. The molecule has 1 N–H and O–H groups in total. The van der Waals surface area contributed by atoms with Crippen LogP contribution in [-0.4, -0.2) is 40.4 Å². The third-order valence-electron chi connectivity index (χ3n) is 2.80. The fourth-order valence-corrected chi connectivity index (χ4v) is 1.74. The fraction of sp³-hybridized carbons (Fsp3) is 0.571. The van der Waals surface area contributed by atoms with Crippen molar-refractivity contribution in [1.82, 2.24) is 5.32 Å². The Balaban J connectivity index is 2.69. The van der Waals surface area contributed by atoms with Crippen molar-refractivity contribution in [2.24, 2.45) is 0 Å². The molecule has 0 saturated heterocycles. The number of nitrogens with zero attached hydrogens (tertiary/aromatic N) is 1. The Labute approximate surface area is 110 Å². The van der Waals surface area contributed by atoms with Crippen molar-refractivity contribution in [3.63, 3.8) is 0 Å². The highest BCUT2D eigenvalue weighted by molar-refractivity contribution is 5.60. The molecule has 1 aromatic carbocycles. The summed E-state index contributed by atoms with van der Waals surface area (Å²) in [5.74, 6) is 1.64. The van der Waals surface area contributed by atoms with Gasteiger partial charge in [-0.1, -0.05) is 13.8 Å². The molecule has 0 saturated carbocycles. The van der Waals surface area contributed by atoms with Crippen LogP contribution in [0.25, 0.3) is 0 Å². The zero-order valence-corrected chi connectivity index (χ0v) is 12.0. The lowest BCUT2D eigenvalue weighted by atomic mass is 10.2. The summed E-state index contributed by atoms with van der Waals surface area (Å²) in [4.78, 5) is 2.17. The van der Waals surface area contributed by atoms with Crippen molar-refractivity contribution >= 4 is 5.69 Å². The normalized spacial score (nSPS) is 10.6. The van der Waals surface area contributed by atoms with E-state index in [9.17, 15) is 0 Å². The van der Waals surface area contributed by atoms with Crippen LogP contribution in [0.15, 0.2) is 18.2 Å². The van der Waals surface area contributed by atoms with E-state index in [1.54, 1.807) is 14.2 Å². The van der Waals surface area contributed by atoms with Crippen LogP contribution in [0.1, 0.15) is 13.8 Å². The van der Waals surface area contributed by atoms with Gasteiger partial charge in [0.2, 0.25) is 0 Å². The lowest BCUT2D eigenvalue weighted by Crippen LogP contribution is -2.32. The minimum absolute atomic E-state index is 0.510. The van der Waals surface area contributed by atoms with Gasteiger partial charge in [0.05, 0.1) is 19.9 Å². The molecule has 0 fully saturated rings. The van der Waals surface area contributed by atoms with E-state index >= 15 is 0 Å². The van der Waals surface area contributed by atoms with Crippen LogP contribution in [0.4, 0.5) is 5.69 Å².